The topological polar surface area (TPSA) is 80.6 Å². The monoisotopic (exact) mass is 489 g/mol. The predicted molar refractivity (Wildman–Crippen MR) is 123 cm³/mol. The van der Waals surface area contributed by atoms with Gasteiger partial charge in [-0.25, -0.2) is 9.59 Å². The van der Waals surface area contributed by atoms with Crippen LogP contribution in [0.15, 0.2) is 28.7 Å². The second kappa shape index (κ2) is 9.68. The van der Waals surface area contributed by atoms with Crippen LogP contribution in [0.4, 0.5) is 10.5 Å². The molecule has 0 bridgehead atoms. The number of rotatable bonds is 8. The lowest BCUT2D eigenvalue weighted by atomic mass is 10.1. The summed E-state index contributed by atoms with van der Waals surface area (Å²) >= 11 is 3.43. The van der Waals surface area contributed by atoms with Gasteiger partial charge in [-0.15, -0.1) is 0 Å². The number of hydrogen-bond acceptors (Lipinski definition) is 4. The highest BCUT2D eigenvalue weighted by Crippen LogP contribution is 2.30. The van der Waals surface area contributed by atoms with Crippen LogP contribution >= 0.6 is 15.9 Å². The van der Waals surface area contributed by atoms with E-state index in [0.717, 1.165) is 23.0 Å². The van der Waals surface area contributed by atoms with Gasteiger partial charge in [0.25, 0.3) is 0 Å². The molecular weight excluding hydrogens is 462 g/mol. The highest BCUT2D eigenvalue weighted by Gasteiger charge is 2.36. The summed E-state index contributed by atoms with van der Waals surface area (Å²) in [5.41, 5.74) is 2.87. The minimum absolute atomic E-state index is 0.0430. The number of aromatic nitrogens is 1. The van der Waals surface area contributed by atoms with Gasteiger partial charge in [0.05, 0.1) is 18.8 Å². The Bertz CT molecular complexity index is 1010. The number of ketones is 1. The number of ether oxygens (including phenoxy) is 1. The van der Waals surface area contributed by atoms with Gasteiger partial charge in [0.2, 0.25) is 0 Å². The number of nitrogens with zero attached hydrogens (tertiary/aromatic N) is 2. The highest BCUT2D eigenvalue weighted by atomic mass is 79.9. The molecule has 31 heavy (non-hydrogen) atoms. The Hall–Kier alpha value is -2.61. The summed E-state index contributed by atoms with van der Waals surface area (Å²) in [6.07, 6.45) is 1.75. The number of anilines is 1. The van der Waals surface area contributed by atoms with Gasteiger partial charge in [-0.05, 0) is 74.2 Å². The Kier molecular flexibility index (Phi) is 7.20. The van der Waals surface area contributed by atoms with Crippen LogP contribution in [0.3, 0.4) is 0 Å². The van der Waals surface area contributed by atoms with Crippen LogP contribution in [0.5, 0.6) is 0 Å². The molecule has 7 nitrogen and oxygen atoms in total. The lowest BCUT2D eigenvalue weighted by Gasteiger charge is -2.22. The summed E-state index contributed by atoms with van der Waals surface area (Å²) in [4.78, 5) is 40.4. The second-order valence-electron chi connectivity index (χ2n) is 7.59. The zero-order chi connectivity index (χ0) is 22.7. The van der Waals surface area contributed by atoms with Gasteiger partial charge in [0.1, 0.15) is 5.69 Å². The Balaban J connectivity index is 1.86. The van der Waals surface area contributed by atoms with Crippen LogP contribution in [-0.4, -0.2) is 46.4 Å². The van der Waals surface area contributed by atoms with Gasteiger partial charge < -0.3 is 19.5 Å². The number of halogens is 1. The molecule has 0 aliphatic heterocycles. The zero-order valence-electron chi connectivity index (χ0n) is 18.3. The van der Waals surface area contributed by atoms with Crippen molar-refractivity contribution < 1.29 is 19.1 Å². The summed E-state index contributed by atoms with van der Waals surface area (Å²) in [7, 11) is 0. The minimum atomic E-state index is -0.435. The van der Waals surface area contributed by atoms with E-state index in [-0.39, 0.29) is 31.0 Å². The first kappa shape index (κ1) is 23.1. The average Bonchev–Trinajstić information content (AvgIpc) is 3.53. The Morgan fingerprint density at radius 3 is 2.45 bits per heavy atom. The second-order valence-corrected chi connectivity index (χ2v) is 8.45. The summed E-state index contributed by atoms with van der Waals surface area (Å²) in [6, 6.07) is 7.09. The first-order valence-electron chi connectivity index (χ1n) is 10.5. The minimum Gasteiger partial charge on any atom is -0.461 e. The van der Waals surface area contributed by atoms with Crippen LogP contribution < -0.4 is 5.32 Å². The van der Waals surface area contributed by atoms with E-state index >= 15 is 0 Å². The van der Waals surface area contributed by atoms with Crippen molar-refractivity contribution in [3.63, 3.8) is 0 Å². The number of amides is 2. The van der Waals surface area contributed by atoms with Gasteiger partial charge in [-0.2, -0.15) is 0 Å². The van der Waals surface area contributed by atoms with Gasteiger partial charge >= 0.3 is 12.0 Å². The molecule has 2 amide bonds. The lowest BCUT2D eigenvalue weighted by molar-refractivity contribution is 0.0512. The maximum atomic E-state index is 13.3. The molecule has 1 aromatic heterocycles. The molecule has 1 N–H and O–H groups in total. The number of esters is 1. The van der Waals surface area contributed by atoms with Crippen molar-refractivity contribution in [1.82, 2.24) is 9.47 Å². The Morgan fingerprint density at radius 2 is 1.87 bits per heavy atom. The van der Waals surface area contributed by atoms with Crippen molar-refractivity contribution in [1.29, 1.82) is 0 Å². The smallest absolute Gasteiger partial charge is 0.355 e. The Labute approximate surface area is 190 Å². The molecule has 3 rings (SSSR count). The van der Waals surface area contributed by atoms with E-state index in [9.17, 15) is 14.4 Å². The third-order valence-corrected chi connectivity index (χ3v) is 6.20. The van der Waals surface area contributed by atoms with E-state index < -0.39 is 5.97 Å². The molecule has 1 fully saturated rings. The molecular formula is C23H28BrN3O4. The first-order valence-corrected chi connectivity index (χ1v) is 11.3. The molecule has 0 saturated heterocycles. The molecule has 1 aromatic carbocycles. The normalized spacial score (nSPS) is 13.1. The summed E-state index contributed by atoms with van der Waals surface area (Å²) in [5.74, 6) is -0.614. The molecule has 1 aliphatic rings. The molecule has 1 heterocycles. The molecule has 166 valence electrons. The maximum Gasteiger partial charge on any atom is 0.355 e. The van der Waals surface area contributed by atoms with Crippen LogP contribution in [0, 0.1) is 13.8 Å². The number of para-hydroxylation sites is 1. The van der Waals surface area contributed by atoms with E-state index in [1.54, 1.807) is 24.8 Å². The van der Waals surface area contributed by atoms with Crippen LogP contribution in [0.1, 0.15) is 58.8 Å². The van der Waals surface area contributed by atoms with Crippen molar-refractivity contribution in [3.8, 4) is 0 Å². The molecule has 0 spiro atoms. The molecule has 2 aromatic rings. The molecule has 8 heteroatoms. The number of benzene rings is 1. The van der Waals surface area contributed by atoms with Crippen LogP contribution in [-0.2, 0) is 11.3 Å². The fraction of sp³-hybridized carbons (Fsp3) is 0.435. The summed E-state index contributed by atoms with van der Waals surface area (Å²) in [5, 5.41) is 2.89. The fourth-order valence-corrected chi connectivity index (χ4v) is 4.28. The quantitative estimate of drug-likeness (QED) is 0.420. The van der Waals surface area contributed by atoms with E-state index in [1.165, 1.54) is 0 Å². The number of hydrogen-bond donors (Lipinski definition) is 1. The number of nitrogens with one attached hydrogen (secondary N) is 1. The van der Waals surface area contributed by atoms with Gasteiger partial charge in [-0.1, -0.05) is 12.1 Å². The number of urea groups is 1. The van der Waals surface area contributed by atoms with Crippen molar-refractivity contribution in [2.75, 3.05) is 18.5 Å². The number of carbonyl (C=O) groups is 3. The summed E-state index contributed by atoms with van der Waals surface area (Å²) < 4.78 is 7.78. The van der Waals surface area contributed by atoms with Gasteiger partial charge in [-0.3, -0.25) is 4.79 Å². The van der Waals surface area contributed by atoms with E-state index in [4.69, 9.17) is 4.74 Å². The maximum absolute atomic E-state index is 13.3. The van der Waals surface area contributed by atoms with E-state index in [2.05, 4.69) is 21.2 Å². The largest absolute Gasteiger partial charge is 0.461 e. The average molecular weight is 490 g/mol. The lowest BCUT2D eigenvalue weighted by Crippen LogP contribution is -2.40. The molecule has 1 saturated carbocycles. The van der Waals surface area contributed by atoms with Crippen molar-refractivity contribution >= 4 is 39.4 Å². The van der Waals surface area contributed by atoms with E-state index in [0.29, 0.717) is 29.1 Å². The Morgan fingerprint density at radius 1 is 1.19 bits per heavy atom. The van der Waals surface area contributed by atoms with Gasteiger partial charge in [0.15, 0.2) is 5.78 Å². The number of carbonyl (C=O) groups excluding carboxylic acids is 3. The molecule has 0 atom stereocenters. The molecule has 0 unspecified atom stereocenters. The van der Waals surface area contributed by atoms with Crippen LogP contribution in [0.25, 0.3) is 0 Å². The predicted octanol–water partition coefficient (Wildman–Crippen LogP) is 4.94. The summed E-state index contributed by atoms with van der Waals surface area (Å²) in [6.45, 7) is 8.03. The van der Waals surface area contributed by atoms with Crippen molar-refractivity contribution in [2.24, 2.45) is 0 Å². The number of Topliss-reactive ketones (excluding diaryl/α,β-unsaturated/α-hetero) is 1. The van der Waals surface area contributed by atoms with Crippen LogP contribution in [0.2, 0.25) is 0 Å². The fourth-order valence-electron chi connectivity index (χ4n) is 3.90. The van der Waals surface area contributed by atoms with E-state index in [1.807, 2.05) is 36.6 Å². The SMILES string of the molecule is CCOC(=O)c1c(C)c(C(=O)CN(C(=O)Nc2ccccc2Br)C2CC2)c(C)n1CC. The van der Waals surface area contributed by atoms with Crippen molar-refractivity contribution in [2.45, 2.75) is 53.1 Å². The van der Waals surface area contributed by atoms with Crippen molar-refractivity contribution in [3.05, 3.63) is 51.3 Å². The highest BCUT2D eigenvalue weighted by molar-refractivity contribution is 9.10. The standard InChI is InChI=1S/C23H28BrN3O4/c1-5-26-15(4)20(14(3)21(26)22(29)31-6-2)19(28)13-27(16-11-12-16)23(30)25-18-10-8-7-9-17(18)24/h7-10,16H,5-6,11-13H2,1-4H3,(H,25,30). The first-order chi connectivity index (χ1) is 14.8. The third kappa shape index (κ3) is 4.84. The third-order valence-electron chi connectivity index (χ3n) is 5.51. The van der Waals surface area contributed by atoms with Gasteiger partial charge in [0, 0.05) is 28.3 Å². The zero-order valence-corrected chi connectivity index (χ0v) is 19.9. The molecule has 0 radical (unpaired) electrons. The molecule has 1 aliphatic carbocycles.